The molecule has 5 rings (SSSR count). The highest BCUT2D eigenvalue weighted by Gasteiger charge is 2.38. The number of aromatic amines is 1. The number of hydrogen-bond acceptors (Lipinski definition) is 10. The van der Waals surface area contributed by atoms with E-state index in [1.807, 2.05) is 35.2 Å². The highest BCUT2D eigenvalue weighted by Crippen LogP contribution is 2.28. The Hall–Kier alpha value is -4.56. The number of H-pyrrole nitrogens is 1. The molecule has 5 N–H and O–H groups in total. The average molecular weight is 683 g/mol. The van der Waals surface area contributed by atoms with Crippen LogP contribution < -0.4 is 5.73 Å². The summed E-state index contributed by atoms with van der Waals surface area (Å²) in [6.45, 7) is 2.82. The first kappa shape index (κ1) is 34.9. The SMILES string of the molecule is Nc1ncnc2cc(CN3CCN(Cc4nc(-c5ccc(Cl)s5)n[nH]4)CC3=O)ccc12.O=C(O)C(F)(F)F.O=C(O)C(F)(F)F. The molecular weight excluding hydrogens is 662 g/mol. The Kier molecular flexibility index (Phi) is 11.2. The largest absolute Gasteiger partial charge is 0.490 e. The van der Waals surface area contributed by atoms with Crippen LogP contribution >= 0.6 is 22.9 Å². The lowest BCUT2D eigenvalue weighted by Crippen LogP contribution is -2.49. The summed E-state index contributed by atoms with van der Waals surface area (Å²) < 4.78 is 64.2. The van der Waals surface area contributed by atoms with Crippen LogP contribution in [0.25, 0.3) is 21.6 Å². The summed E-state index contributed by atoms with van der Waals surface area (Å²) >= 11 is 7.42. The van der Waals surface area contributed by atoms with Gasteiger partial charge in [0.25, 0.3) is 0 Å². The molecule has 1 aliphatic heterocycles. The zero-order valence-corrected chi connectivity index (χ0v) is 24.0. The number of nitrogen functional groups attached to an aromatic ring is 1. The molecule has 1 aliphatic rings. The van der Waals surface area contributed by atoms with Crippen molar-refractivity contribution in [1.29, 1.82) is 0 Å². The number of fused-ring (bicyclic) bond motifs is 1. The predicted octanol–water partition coefficient (Wildman–Crippen LogP) is 3.82. The van der Waals surface area contributed by atoms with E-state index in [2.05, 4.69) is 30.0 Å². The van der Waals surface area contributed by atoms with E-state index in [1.165, 1.54) is 17.7 Å². The number of nitrogens with one attached hydrogen (secondary N) is 1. The molecule has 3 aromatic heterocycles. The lowest BCUT2D eigenvalue weighted by Gasteiger charge is -2.33. The number of aromatic nitrogens is 5. The van der Waals surface area contributed by atoms with E-state index in [0.717, 1.165) is 33.7 Å². The first-order valence-electron chi connectivity index (χ1n) is 12.2. The molecule has 1 aromatic carbocycles. The molecule has 0 saturated carbocycles. The monoisotopic (exact) mass is 682 g/mol. The van der Waals surface area contributed by atoms with Crippen LogP contribution in [0.4, 0.5) is 32.2 Å². The number of hydrogen-bond donors (Lipinski definition) is 4. The Morgan fingerprint density at radius 1 is 1.00 bits per heavy atom. The van der Waals surface area contributed by atoms with E-state index in [-0.39, 0.29) is 5.91 Å². The predicted molar refractivity (Wildman–Crippen MR) is 147 cm³/mol. The van der Waals surface area contributed by atoms with Gasteiger partial charge < -0.3 is 20.8 Å². The maximum Gasteiger partial charge on any atom is 0.490 e. The number of rotatable bonds is 5. The Morgan fingerprint density at radius 3 is 2.20 bits per heavy atom. The number of piperazine rings is 1. The van der Waals surface area contributed by atoms with Crippen LogP contribution in [0.3, 0.4) is 0 Å². The van der Waals surface area contributed by atoms with Crippen molar-refractivity contribution in [3.8, 4) is 10.7 Å². The summed E-state index contributed by atoms with van der Waals surface area (Å²) in [7, 11) is 0. The second-order valence-electron chi connectivity index (χ2n) is 8.95. The third-order valence-corrected chi connectivity index (χ3v) is 6.91. The van der Waals surface area contributed by atoms with Gasteiger partial charge in [-0.05, 0) is 29.8 Å². The quantitative estimate of drug-likeness (QED) is 0.224. The Balaban J connectivity index is 0.000000331. The van der Waals surface area contributed by atoms with Gasteiger partial charge in [-0.3, -0.25) is 14.8 Å². The van der Waals surface area contributed by atoms with Crippen LogP contribution in [0.15, 0.2) is 36.7 Å². The number of halogens is 7. The first-order chi connectivity index (χ1) is 20.9. The smallest absolute Gasteiger partial charge is 0.475 e. The maximum absolute atomic E-state index is 12.7. The van der Waals surface area contributed by atoms with Crippen LogP contribution in [-0.2, 0) is 27.5 Å². The van der Waals surface area contributed by atoms with E-state index >= 15 is 0 Å². The van der Waals surface area contributed by atoms with Gasteiger partial charge in [0.1, 0.15) is 18.0 Å². The van der Waals surface area contributed by atoms with E-state index < -0.39 is 24.3 Å². The van der Waals surface area contributed by atoms with Crippen molar-refractivity contribution < 1.29 is 50.9 Å². The number of amides is 1. The van der Waals surface area contributed by atoms with Crippen molar-refractivity contribution in [3.05, 3.63) is 52.4 Å². The number of anilines is 1. The number of nitrogens with zero attached hydrogens (tertiary/aromatic N) is 6. The molecule has 4 heterocycles. The molecule has 0 atom stereocenters. The van der Waals surface area contributed by atoms with Crippen molar-refractivity contribution in [2.45, 2.75) is 25.4 Å². The second kappa shape index (κ2) is 14.5. The third-order valence-electron chi connectivity index (χ3n) is 5.69. The Bertz CT molecular complexity index is 1640. The number of thiophene rings is 1. The molecule has 242 valence electrons. The van der Waals surface area contributed by atoms with Crippen molar-refractivity contribution in [1.82, 2.24) is 34.9 Å². The summed E-state index contributed by atoms with van der Waals surface area (Å²) in [5.41, 5.74) is 7.69. The fourth-order valence-electron chi connectivity index (χ4n) is 3.62. The summed E-state index contributed by atoms with van der Waals surface area (Å²) in [5, 5.41) is 22.3. The minimum atomic E-state index is -5.08. The van der Waals surface area contributed by atoms with Crippen molar-refractivity contribution in [2.75, 3.05) is 25.4 Å². The van der Waals surface area contributed by atoms with Crippen LogP contribution in [0, 0.1) is 0 Å². The van der Waals surface area contributed by atoms with Gasteiger partial charge in [0.05, 0.1) is 27.8 Å². The molecule has 0 unspecified atom stereocenters. The first-order valence-corrected chi connectivity index (χ1v) is 13.4. The number of carbonyl (C=O) groups is 3. The van der Waals surface area contributed by atoms with Crippen LogP contribution in [0.1, 0.15) is 11.4 Å². The molecule has 0 spiro atoms. The summed E-state index contributed by atoms with van der Waals surface area (Å²) in [4.78, 5) is 48.2. The highest BCUT2D eigenvalue weighted by atomic mass is 35.5. The zero-order chi connectivity index (χ0) is 33.5. The molecule has 1 amide bonds. The van der Waals surface area contributed by atoms with Gasteiger partial charge in [0, 0.05) is 25.0 Å². The van der Waals surface area contributed by atoms with E-state index in [4.69, 9.17) is 37.1 Å². The number of aliphatic carboxylic acids is 2. The topological polar surface area (TPSA) is 192 Å². The van der Waals surface area contributed by atoms with Gasteiger partial charge in [-0.1, -0.05) is 17.7 Å². The molecular formula is C24H21ClF6N8O5S. The third kappa shape index (κ3) is 10.3. The lowest BCUT2D eigenvalue weighted by molar-refractivity contribution is -0.193. The molecule has 21 heteroatoms. The summed E-state index contributed by atoms with van der Waals surface area (Å²) in [6.07, 6.45) is -8.71. The molecule has 45 heavy (non-hydrogen) atoms. The number of carbonyl (C=O) groups excluding carboxylic acids is 1. The standard InChI is InChI=1S/C20H19ClN8OS.2C2HF3O2/c21-16-4-3-15(31-16)20-25-17(26-27-20)9-28-5-6-29(18(30)10-28)8-12-1-2-13-14(7-12)23-11-24-19(13)22;2*3-2(4,5)1(6)7/h1-4,7,11H,5-6,8-10H2,(H2,22,23,24)(H,25,26,27);2*(H,6,7). The fourth-order valence-corrected chi connectivity index (χ4v) is 4.60. The molecule has 13 nitrogen and oxygen atoms in total. The minimum absolute atomic E-state index is 0.0818. The molecule has 1 fully saturated rings. The summed E-state index contributed by atoms with van der Waals surface area (Å²) in [6, 6.07) is 9.56. The Labute approximate surface area is 257 Å². The molecule has 0 bridgehead atoms. The van der Waals surface area contributed by atoms with Crippen LogP contribution in [0.5, 0.6) is 0 Å². The van der Waals surface area contributed by atoms with Gasteiger partial charge in [0.15, 0.2) is 5.82 Å². The fraction of sp³-hybridized carbons (Fsp3) is 0.292. The van der Waals surface area contributed by atoms with Gasteiger partial charge in [-0.2, -0.15) is 31.4 Å². The zero-order valence-electron chi connectivity index (χ0n) is 22.4. The number of benzene rings is 1. The van der Waals surface area contributed by atoms with Crippen molar-refractivity contribution in [2.24, 2.45) is 0 Å². The van der Waals surface area contributed by atoms with Gasteiger partial charge in [0.2, 0.25) is 5.91 Å². The highest BCUT2D eigenvalue weighted by molar-refractivity contribution is 7.19. The van der Waals surface area contributed by atoms with E-state index in [9.17, 15) is 31.1 Å². The normalized spacial score (nSPS) is 13.9. The van der Waals surface area contributed by atoms with Crippen molar-refractivity contribution in [3.63, 3.8) is 0 Å². The number of carboxylic acid groups (broad SMARTS) is 2. The van der Waals surface area contributed by atoms with E-state index in [0.29, 0.717) is 42.2 Å². The van der Waals surface area contributed by atoms with Gasteiger partial charge in [-0.25, -0.2) is 24.5 Å². The second-order valence-corrected chi connectivity index (χ2v) is 10.7. The number of nitrogens with two attached hydrogens (primary N) is 1. The molecule has 0 aliphatic carbocycles. The molecule has 0 radical (unpaired) electrons. The maximum atomic E-state index is 12.7. The van der Waals surface area contributed by atoms with Crippen LogP contribution in [0.2, 0.25) is 4.34 Å². The van der Waals surface area contributed by atoms with Gasteiger partial charge >= 0.3 is 24.3 Å². The molecule has 1 saturated heterocycles. The number of carboxylic acids is 2. The van der Waals surface area contributed by atoms with Crippen molar-refractivity contribution >= 4 is 57.5 Å². The minimum Gasteiger partial charge on any atom is -0.475 e. The lowest BCUT2D eigenvalue weighted by atomic mass is 10.1. The molecule has 4 aromatic rings. The summed E-state index contributed by atoms with van der Waals surface area (Å²) in [5.74, 6) is -3.62. The van der Waals surface area contributed by atoms with Gasteiger partial charge in [-0.15, -0.1) is 11.3 Å². The number of alkyl halides is 6. The average Bonchev–Trinajstić information content (AvgIpc) is 3.59. The van der Waals surface area contributed by atoms with E-state index in [1.54, 1.807) is 0 Å². The Morgan fingerprint density at radius 2 is 1.64 bits per heavy atom. The van der Waals surface area contributed by atoms with Crippen LogP contribution in [-0.4, -0.2) is 95.0 Å².